The standard InChI is InChI=1S/C32H44/c1-4-6-25-7-11-27(12-8-25)29-15-19-31(20-16-29)32-21-17-30(18-22-32)28-13-9-26(10-14-28)23-24(3)5-2/h13,15-22,24-27H,4-12,14,23H2,1-3H3/t24?,25-,26?,27-. The highest BCUT2D eigenvalue weighted by Crippen LogP contribution is 2.38. The minimum absolute atomic E-state index is 0.780. The molecule has 0 heterocycles. The molecule has 0 heteroatoms. The fourth-order valence-electron chi connectivity index (χ4n) is 6.12. The molecule has 172 valence electrons. The lowest BCUT2D eigenvalue weighted by Gasteiger charge is -2.28. The fraction of sp³-hybridized carbons (Fsp3) is 0.562. The summed E-state index contributed by atoms with van der Waals surface area (Å²) in [6.07, 6.45) is 17.5. The number of hydrogen-bond donors (Lipinski definition) is 0. The van der Waals surface area contributed by atoms with Crippen LogP contribution in [0.1, 0.15) is 108 Å². The average Bonchev–Trinajstić information content (AvgIpc) is 2.85. The Morgan fingerprint density at radius 2 is 1.38 bits per heavy atom. The van der Waals surface area contributed by atoms with Crippen molar-refractivity contribution < 1.29 is 0 Å². The van der Waals surface area contributed by atoms with E-state index in [1.807, 2.05) is 0 Å². The molecule has 2 unspecified atom stereocenters. The Hall–Kier alpha value is -1.82. The van der Waals surface area contributed by atoms with Crippen molar-refractivity contribution in [3.63, 3.8) is 0 Å². The summed E-state index contributed by atoms with van der Waals surface area (Å²) in [7, 11) is 0. The van der Waals surface area contributed by atoms with Gasteiger partial charge in [0, 0.05) is 0 Å². The molecule has 0 bridgehead atoms. The summed E-state index contributed by atoms with van der Waals surface area (Å²) in [6, 6.07) is 18.8. The lowest BCUT2D eigenvalue weighted by molar-refractivity contribution is 0.308. The first-order valence-corrected chi connectivity index (χ1v) is 13.6. The first-order chi connectivity index (χ1) is 15.7. The molecule has 0 amide bonds. The lowest BCUT2D eigenvalue weighted by atomic mass is 9.77. The van der Waals surface area contributed by atoms with E-state index in [4.69, 9.17) is 0 Å². The summed E-state index contributed by atoms with van der Waals surface area (Å²) < 4.78 is 0. The minimum atomic E-state index is 0.780. The van der Waals surface area contributed by atoms with Crippen LogP contribution in [0.2, 0.25) is 0 Å². The predicted octanol–water partition coefficient (Wildman–Crippen LogP) is 10.0. The van der Waals surface area contributed by atoms with Crippen molar-refractivity contribution in [2.75, 3.05) is 0 Å². The van der Waals surface area contributed by atoms with Gasteiger partial charge in [0.25, 0.3) is 0 Å². The molecule has 1 saturated carbocycles. The topological polar surface area (TPSA) is 0 Å². The zero-order valence-corrected chi connectivity index (χ0v) is 20.8. The van der Waals surface area contributed by atoms with Crippen LogP contribution in [0.15, 0.2) is 54.6 Å². The van der Waals surface area contributed by atoms with Gasteiger partial charge in [-0.1, -0.05) is 94.6 Å². The molecular weight excluding hydrogens is 384 g/mol. The molecule has 1 fully saturated rings. The van der Waals surface area contributed by atoms with Crippen LogP contribution in [0.4, 0.5) is 0 Å². The van der Waals surface area contributed by atoms with Gasteiger partial charge in [-0.25, -0.2) is 0 Å². The molecule has 4 rings (SSSR count). The fourth-order valence-corrected chi connectivity index (χ4v) is 6.12. The largest absolute Gasteiger partial charge is 0.0804 e. The Kier molecular flexibility index (Phi) is 8.28. The maximum atomic E-state index is 2.52. The van der Waals surface area contributed by atoms with Gasteiger partial charge in [0.1, 0.15) is 0 Å². The van der Waals surface area contributed by atoms with Crippen molar-refractivity contribution in [2.24, 2.45) is 17.8 Å². The van der Waals surface area contributed by atoms with Crippen LogP contribution < -0.4 is 0 Å². The monoisotopic (exact) mass is 428 g/mol. The first kappa shape index (κ1) is 23.3. The summed E-state index contributed by atoms with van der Waals surface area (Å²) in [4.78, 5) is 0. The van der Waals surface area contributed by atoms with Gasteiger partial charge in [0.05, 0.1) is 0 Å². The van der Waals surface area contributed by atoms with E-state index in [1.54, 1.807) is 11.1 Å². The second kappa shape index (κ2) is 11.4. The molecule has 0 nitrogen and oxygen atoms in total. The molecule has 0 radical (unpaired) electrons. The van der Waals surface area contributed by atoms with E-state index in [0.717, 1.165) is 23.7 Å². The summed E-state index contributed by atoms with van der Waals surface area (Å²) in [5, 5.41) is 0. The van der Waals surface area contributed by atoms with E-state index in [9.17, 15) is 0 Å². The Morgan fingerprint density at radius 1 is 0.750 bits per heavy atom. The quantitative estimate of drug-likeness (QED) is 0.392. The predicted molar refractivity (Wildman–Crippen MR) is 141 cm³/mol. The van der Waals surface area contributed by atoms with Gasteiger partial charge in [-0.15, -0.1) is 0 Å². The molecule has 32 heavy (non-hydrogen) atoms. The lowest BCUT2D eigenvalue weighted by Crippen LogP contribution is -2.13. The van der Waals surface area contributed by atoms with Gasteiger partial charge in [-0.3, -0.25) is 0 Å². The van der Waals surface area contributed by atoms with Crippen molar-refractivity contribution in [3.8, 4) is 11.1 Å². The molecule has 0 aliphatic heterocycles. The number of rotatable bonds is 8. The van der Waals surface area contributed by atoms with Crippen LogP contribution in [0.3, 0.4) is 0 Å². The number of benzene rings is 2. The highest BCUT2D eigenvalue weighted by Gasteiger charge is 2.22. The molecule has 0 N–H and O–H groups in total. The Bertz CT molecular complexity index is 846. The van der Waals surface area contributed by atoms with E-state index in [-0.39, 0.29) is 0 Å². The molecule has 0 spiro atoms. The van der Waals surface area contributed by atoms with Gasteiger partial charge in [-0.2, -0.15) is 0 Å². The summed E-state index contributed by atoms with van der Waals surface area (Å²) in [5.74, 6) is 3.53. The molecule has 2 aromatic rings. The Balaban J connectivity index is 1.34. The highest BCUT2D eigenvalue weighted by molar-refractivity contribution is 5.71. The molecule has 2 atom stereocenters. The van der Waals surface area contributed by atoms with Gasteiger partial charge in [0.15, 0.2) is 0 Å². The third-order valence-electron chi connectivity index (χ3n) is 8.47. The first-order valence-electron chi connectivity index (χ1n) is 13.6. The minimum Gasteiger partial charge on any atom is -0.0804 e. The molecule has 2 aliphatic rings. The summed E-state index contributed by atoms with van der Waals surface area (Å²) in [5.41, 5.74) is 7.24. The second-order valence-corrected chi connectivity index (χ2v) is 10.8. The van der Waals surface area contributed by atoms with Gasteiger partial charge in [0.2, 0.25) is 0 Å². The van der Waals surface area contributed by atoms with Crippen molar-refractivity contribution >= 4 is 5.57 Å². The van der Waals surface area contributed by atoms with E-state index in [2.05, 4.69) is 75.4 Å². The molecule has 2 aromatic carbocycles. The van der Waals surface area contributed by atoms with Crippen LogP contribution in [0.5, 0.6) is 0 Å². The smallest absolute Gasteiger partial charge is 0.0162 e. The van der Waals surface area contributed by atoms with Crippen LogP contribution in [0, 0.1) is 17.8 Å². The molecule has 2 aliphatic carbocycles. The van der Waals surface area contributed by atoms with Crippen molar-refractivity contribution in [1.29, 1.82) is 0 Å². The maximum absolute atomic E-state index is 2.52. The Labute approximate surface area is 197 Å². The van der Waals surface area contributed by atoms with Crippen molar-refractivity contribution in [3.05, 3.63) is 65.7 Å². The van der Waals surface area contributed by atoms with E-state index >= 15 is 0 Å². The molecular formula is C32H44. The van der Waals surface area contributed by atoms with Gasteiger partial charge in [-0.05, 0) is 103 Å². The van der Waals surface area contributed by atoms with Gasteiger partial charge >= 0.3 is 0 Å². The number of allylic oxidation sites excluding steroid dienone is 2. The van der Waals surface area contributed by atoms with Crippen LogP contribution in [-0.2, 0) is 0 Å². The third kappa shape index (κ3) is 5.94. The van der Waals surface area contributed by atoms with Crippen LogP contribution in [0.25, 0.3) is 16.7 Å². The molecule has 0 saturated heterocycles. The average molecular weight is 429 g/mol. The second-order valence-electron chi connectivity index (χ2n) is 10.8. The Morgan fingerprint density at radius 3 is 1.94 bits per heavy atom. The normalized spacial score (nSPS) is 24.7. The van der Waals surface area contributed by atoms with Crippen LogP contribution >= 0.6 is 0 Å². The highest BCUT2D eigenvalue weighted by atomic mass is 14.3. The van der Waals surface area contributed by atoms with Crippen molar-refractivity contribution in [2.45, 2.75) is 97.3 Å². The summed E-state index contributed by atoms with van der Waals surface area (Å²) >= 11 is 0. The van der Waals surface area contributed by atoms with Gasteiger partial charge < -0.3 is 0 Å². The van der Waals surface area contributed by atoms with E-state index in [0.29, 0.717) is 0 Å². The third-order valence-corrected chi connectivity index (χ3v) is 8.47. The molecule has 0 aromatic heterocycles. The van der Waals surface area contributed by atoms with Crippen molar-refractivity contribution in [1.82, 2.24) is 0 Å². The zero-order valence-electron chi connectivity index (χ0n) is 20.8. The van der Waals surface area contributed by atoms with Crippen LogP contribution in [-0.4, -0.2) is 0 Å². The van der Waals surface area contributed by atoms with E-state index < -0.39 is 0 Å². The SMILES string of the molecule is CCC[C@H]1CC[C@H](c2ccc(-c3ccc(C4=CCC(CC(C)CC)CC4)cc3)cc2)CC1. The zero-order chi connectivity index (χ0) is 22.3. The summed E-state index contributed by atoms with van der Waals surface area (Å²) in [6.45, 7) is 7.05. The number of hydrogen-bond acceptors (Lipinski definition) is 0. The maximum Gasteiger partial charge on any atom is -0.0162 e. The van der Waals surface area contributed by atoms with E-state index in [1.165, 1.54) is 87.3 Å².